The van der Waals surface area contributed by atoms with Crippen molar-refractivity contribution in [3.8, 4) is 0 Å². The van der Waals surface area contributed by atoms with Crippen LogP contribution in [0.2, 0.25) is 0 Å². The largest absolute Gasteiger partial charge is 0.159 e. The molecule has 0 spiro atoms. The van der Waals surface area contributed by atoms with Crippen molar-refractivity contribution in [2.45, 2.75) is 11.8 Å². The highest BCUT2D eigenvalue weighted by Crippen LogP contribution is 2.25. The molecule has 0 aromatic heterocycles. The van der Waals surface area contributed by atoms with Gasteiger partial charge in [-0.3, -0.25) is 0 Å². The lowest BCUT2D eigenvalue weighted by Gasteiger charge is -2.14. The molecule has 0 aliphatic heterocycles. The van der Waals surface area contributed by atoms with Crippen molar-refractivity contribution < 1.29 is 0 Å². The van der Waals surface area contributed by atoms with Crippen LogP contribution in [0.1, 0.15) is 34.1 Å². The lowest BCUT2D eigenvalue weighted by molar-refractivity contribution is 1.12. The Balaban J connectivity index is 1.73. The summed E-state index contributed by atoms with van der Waals surface area (Å²) >= 11 is 0. The molecule has 0 saturated carbocycles. The van der Waals surface area contributed by atoms with Gasteiger partial charge in [-0.1, -0.05) is 121 Å². The van der Waals surface area contributed by atoms with Crippen LogP contribution in [0.3, 0.4) is 0 Å². The van der Waals surface area contributed by atoms with Crippen molar-refractivity contribution in [2.24, 2.45) is 0 Å². The van der Waals surface area contributed by atoms with Crippen molar-refractivity contribution in [2.75, 3.05) is 0 Å². The Morgan fingerprint density at radius 3 is 0.862 bits per heavy atom. The van der Waals surface area contributed by atoms with Gasteiger partial charge in [0.15, 0.2) is 0 Å². The summed E-state index contributed by atoms with van der Waals surface area (Å²) in [6.07, 6.45) is 0. The maximum absolute atomic E-state index is 2.35. The van der Waals surface area contributed by atoms with Crippen LogP contribution in [0.15, 0.2) is 121 Å². The summed E-state index contributed by atoms with van der Waals surface area (Å²) in [4.78, 5) is 0. The van der Waals surface area contributed by atoms with Gasteiger partial charge in [0.1, 0.15) is 0 Å². The van der Waals surface area contributed by atoms with Gasteiger partial charge in [0, 0.05) is 11.8 Å². The minimum Gasteiger partial charge on any atom is -0.159 e. The molecule has 0 aliphatic rings. The molecule has 0 atom stereocenters. The molecule has 0 radical (unpaired) electrons. The monoisotopic (exact) mass is 392 g/mol. The van der Waals surface area contributed by atoms with E-state index in [1.54, 1.807) is 10.9 Å². The summed E-state index contributed by atoms with van der Waals surface area (Å²) in [7, 11) is 1.80. The fourth-order valence-corrected chi connectivity index (χ4v) is 4.58. The van der Waals surface area contributed by atoms with E-state index >= 15 is 0 Å². The summed E-state index contributed by atoms with van der Waals surface area (Å²) in [5, 5.41) is 4.70. The predicted molar refractivity (Wildman–Crippen MR) is 129 cm³/mol. The molecule has 0 fully saturated rings. The average molecular weight is 393 g/mol. The summed E-state index contributed by atoms with van der Waals surface area (Å²) < 4.78 is 0. The second-order valence-corrected chi connectivity index (χ2v) is 7.82. The first kappa shape index (κ1) is 19.2. The summed E-state index contributed by atoms with van der Waals surface area (Å²) in [5.41, 5.74) is 5.26. The third kappa shape index (κ3) is 5.01. The molecule has 0 saturated heterocycles. The highest BCUT2D eigenvalue weighted by molar-refractivity contribution is 7.96. The molecule has 29 heavy (non-hydrogen) atoms. The molecule has 0 N–H and O–H groups in total. The van der Waals surface area contributed by atoms with E-state index in [-0.39, 0.29) is 11.8 Å². The van der Waals surface area contributed by atoms with Crippen molar-refractivity contribution in [1.82, 2.24) is 0 Å². The molecule has 0 amide bonds. The standard InChI is InChI=1S/C28H24S/c1-5-13-23(14-6-1)27(24-15-7-2-8-16-24)21-29-22-28(25-17-9-3-10-18-25)26-19-11-4-12-20-26/h1-22,27-28H. The topological polar surface area (TPSA) is 0 Å². The van der Waals surface area contributed by atoms with Crippen LogP contribution in [0, 0.1) is 0 Å². The van der Waals surface area contributed by atoms with E-state index in [1.807, 2.05) is 0 Å². The Hall–Kier alpha value is -3.16. The highest BCUT2D eigenvalue weighted by Gasteiger charge is 2.12. The van der Waals surface area contributed by atoms with Gasteiger partial charge in [0.05, 0.1) is 0 Å². The summed E-state index contributed by atoms with van der Waals surface area (Å²) in [6.45, 7) is 0. The van der Waals surface area contributed by atoms with E-state index in [0.29, 0.717) is 0 Å². The normalized spacial score (nSPS) is 10.7. The zero-order valence-corrected chi connectivity index (χ0v) is 17.1. The minimum absolute atomic E-state index is 0.255. The molecule has 142 valence electrons. The van der Waals surface area contributed by atoms with E-state index in [2.05, 4.69) is 132 Å². The van der Waals surface area contributed by atoms with Crippen molar-refractivity contribution in [3.05, 3.63) is 144 Å². The molecule has 0 heterocycles. The quantitative estimate of drug-likeness (QED) is 0.310. The molecule has 4 aromatic carbocycles. The second kappa shape index (κ2) is 9.86. The van der Waals surface area contributed by atoms with Crippen LogP contribution in [0.5, 0.6) is 0 Å². The van der Waals surface area contributed by atoms with Crippen molar-refractivity contribution >= 4 is 21.7 Å². The number of hydrogen-bond donors (Lipinski definition) is 0. The van der Waals surface area contributed by atoms with Crippen molar-refractivity contribution in [1.29, 1.82) is 0 Å². The smallest absolute Gasteiger partial charge is 0.0364 e. The molecule has 0 bridgehead atoms. The molecule has 0 unspecified atom stereocenters. The van der Waals surface area contributed by atoms with E-state index < -0.39 is 0 Å². The first-order valence-corrected chi connectivity index (χ1v) is 10.9. The number of rotatable bonds is 6. The fraction of sp³-hybridized carbons (Fsp3) is 0.0714. The van der Waals surface area contributed by atoms with Gasteiger partial charge < -0.3 is 0 Å². The molecular weight excluding hydrogens is 368 g/mol. The van der Waals surface area contributed by atoms with Crippen LogP contribution in [-0.4, -0.2) is 10.7 Å². The number of hydrogen-bond acceptors (Lipinski definition) is 0. The van der Waals surface area contributed by atoms with Crippen LogP contribution >= 0.6 is 10.9 Å². The molecule has 4 aromatic rings. The summed E-state index contributed by atoms with van der Waals surface area (Å²) in [5.74, 6) is 0.511. The third-order valence-corrected chi connectivity index (χ3v) is 5.92. The molecular formula is C28H24S. The zero-order chi connectivity index (χ0) is 19.7. The number of benzene rings is 4. The van der Waals surface area contributed by atoms with Crippen LogP contribution in [0.25, 0.3) is 0 Å². The maximum atomic E-state index is 2.35. The Morgan fingerprint density at radius 1 is 0.379 bits per heavy atom. The Labute approximate surface area is 177 Å². The van der Waals surface area contributed by atoms with E-state index in [1.165, 1.54) is 22.3 Å². The van der Waals surface area contributed by atoms with E-state index in [0.717, 1.165) is 0 Å². The van der Waals surface area contributed by atoms with Gasteiger partial charge in [0.25, 0.3) is 0 Å². The predicted octanol–water partition coefficient (Wildman–Crippen LogP) is 6.99. The minimum atomic E-state index is 0.255. The molecule has 0 aliphatic carbocycles. The van der Waals surface area contributed by atoms with Crippen LogP contribution in [-0.2, 0) is 0 Å². The van der Waals surface area contributed by atoms with E-state index in [9.17, 15) is 0 Å². The van der Waals surface area contributed by atoms with Gasteiger partial charge in [-0.2, -0.15) is 10.9 Å². The average Bonchev–Trinajstić information content (AvgIpc) is 2.81. The fourth-order valence-electron chi connectivity index (χ4n) is 3.54. The summed E-state index contributed by atoms with van der Waals surface area (Å²) in [6, 6.07) is 42.9. The van der Waals surface area contributed by atoms with Gasteiger partial charge >= 0.3 is 0 Å². The van der Waals surface area contributed by atoms with Gasteiger partial charge in [-0.15, -0.1) is 0 Å². The Bertz CT molecular complexity index is 898. The Kier molecular flexibility index (Phi) is 6.52. The maximum Gasteiger partial charge on any atom is 0.0364 e. The third-order valence-electron chi connectivity index (χ3n) is 5.06. The van der Waals surface area contributed by atoms with Crippen LogP contribution in [0.4, 0.5) is 0 Å². The van der Waals surface area contributed by atoms with Gasteiger partial charge in [0.2, 0.25) is 0 Å². The molecule has 0 nitrogen and oxygen atoms in total. The molecule has 4 rings (SSSR count). The van der Waals surface area contributed by atoms with E-state index in [4.69, 9.17) is 0 Å². The first-order chi connectivity index (χ1) is 14.4. The lowest BCUT2D eigenvalue weighted by Crippen LogP contribution is -2.03. The van der Waals surface area contributed by atoms with Gasteiger partial charge in [-0.05, 0) is 33.0 Å². The lowest BCUT2D eigenvalue weighted by atomic mass is 9.93. The first-order valence-electron chi connectivity index (χ1n) is 9.94. The zero-order valence-electron chi connectivity index (χ0n) is 16.3. The van der Waals surface area contributed by atoms with Crippen LogP contribution < -0.4 is 0 Å². The Morgan fingerprint density at radius 2 is 0.621 bits per heavy atom. The van der Waals surface area contributed by atoms with Crippen molar-refractivity contribution in [3.63, 3.8) is 0 Å². The van der Waals surface area contributed by atoms with Gasteiger partial charge in [-0.25, -0.2) is 0 Å². The highest BCUT2D eigenvalue weighted by atomic mass is 32.1. The second-order valence-electron chi connectivity index (χ2n) is 7.01. The molecule has 1 heteroatoms. The SMILES string of the molecule is C(=S=CC(c1ccccc1)c1ccccc1)C(c1ccccc1)c1ccccc1.